The summed E-state index contributed by atoms with van der Waals surface area (Å²) in [5.74, 6) is 5.61. The summed E-state index contributed by atoms with van der Waals surface area (Å²) in [5.41, 5.74) is -0.752. The van der Waals surface area contributed by atoms with Crippen LogP contribution in [0.3, 0.4) is 0 Å². The summed E-state index contributed by atoms with van der Waals surface area (Å²) >= 11 is 0. The van der Waals surface area contributed by atoms with Gasteiger partial charge in [-0.2, -0.15) is 0 Å². The van der Waals surface area contributed by atoms with Crippen LogP contribution in [0.15, 0.2) is 0 Å². The third kappa shape index (κ3) is 5.04. The standard InChI is InChI=1S/C12H20O2/c1-4-5-6-7-8-9-11(14)12(2,3)10-13/h10-11,14H,4-7H2,1-3H3. The van der Waals surface area contributed by atoms with Crippen LogP contribution in [0.1, 0.15) is 46.5 Å². The highest BCUT2D eigenvalue weighted by atomic mass is 16.3. The third-order valence-corrected chi connectivity index (χ3v) is 2.15. The van der Waals surface area contributed by atoms with Crippen molar-refractivity contribution in [2.75, 3.05) is 0 Å². The molecule has 1 N–H and O–H groups in total. The lowest BCUT2D eigenvalue weighted by Gasteiger charge is -2.18. The summed E-state index contributed by atoms with van der Waals surface area (Å²) < 4.78 is 0. The number of hydrogen-bond acceptors (Lipinski definition) is 2. The van der Waals surface area contributed by atoms with Gasteiger partial charge in [0.15, 0.2) is 0 Å². The molecule has 0 aromatic rings. The predicted octanol–water partition coefficient (Wildman–Crippen LogP) is 2.16. The van der Waals surface area contributed by atoms with E-state index < -0.39 is 11.5 Å². The van der Waals surface area contributed by atoms with Crippen molar-refractivity contribution in [1.29, 1.82) is 0 Å². The number of aliphatic hydroxyl groups is 1. The summed E-state index contributed by atoms with van der Waals surface area (Å²) in [6, 6.07) is 0. The van der Waals surface area contributed by atoms with Crippen molar-refractivity contribution < 1.29 is 9.90 Å². The number of aldehydes is 1. The van der Waals surface area contributed by atoms with Crippen LogP contribution in [-0.4, -0.2) is 17.5 Å². The lowest BCUT2D eigenvalue weighted by molar-refractivity contribution is -0.118. The molecule has 0 aliphatic heterocycles. The number of aliphatic hydroxyl groups excluding tert-OH is 1. The first-order chi connectivity index (χ1) is 6.54. The fourth-order valence-corrected chi connectivity index (χ4v) is 0.883. The number of unbranched alkanes of at least 4 members (excludes halogenated alkanes) is 3. The van der Waals surface area contributed by atoms with Crippen LogP contribution in [0, 0.1) is 17.3 Å². The lowest BCUT2D eigenvalue weighted by atomic mass is 9.89. The number of carbonyl (C=O) groups is 1. The largest absolute Gasteiger partial charge is 0.379 e. The topological polar surface area (TPSA) is 37.3 Å². The first kappa shape index (κ1) is 13.2. The average Bonchev–Trinajstić information content (AvgIpc) is 2.17. The summed E-state index contributed by atoms with van der Waals surface area (Å²) in [4.78, 5) is 10.6. The Bertz CT molecular complexity index is 220. The van der Waals surface area contributed by atoms with E-state index in [0.29, 0.717) is 0 Å². The van der Waals surface area contributed by atoms with Crippen LogP contribution in [0.5, 0.6) is 0 Å². The Balaban J connectivity index is 3.91. The summed E-state index contributed by atoms with van der Waals surface area (Å²) in [6.45, 7) is 5.51. The Hall–Kier alpha value is -0.810. The van der Waals surface area contributed by atoms with Crippen molar-refractivity contribution in [3.8, 4) is 11.8 Å². The molecule has 0 saturated heterocycles. The van der Waals surface area contributed by atoms with Crippen molar-refractivity contribution in [2.24, 2.45) is 5.41 Å². The van der Waals surface area contributed by atoms with Gasteiger partial charge in [0.2, 0.25) is 0 Å². The minimum Gasteiger partial charge on any atom is -0.379 e. The van der Waals surface area contributed by atoms with Crippen LogP contribution < -0.4 is 0 Å². The zero-order valence-electron chi connectivity index (χ0n) is 9.34. The Morgan fingerprint density at radius 2 is 2.07 bits per heavy atom. The molecule has 14 heavy (non-hydrogen) atoms. The van der Waals surface area contributed by atoms with Gasteiger partial charge < -0.3 is 9.90 Å². The maximum Gasteiger partial charge on any atom is 0.129 e. The van der Waals surface area contributed by atoms with Gasteiger partial charge in [-0.25, -0.2) is 0 Å². The second-order valence-electron chi connectivity index (χ2n) is 4.12. The molecule has 1 unspecified atom stereocenters. The van der Waals surface area contributed by atoms with Crippen LogP contribution in [0.2, 0.25) is 0 Å². The van der Waals surface area contributed by atoms with E-state index in [2.05, 4.69) is 18.8 Å². The molecule has 0 spiro atoms. The second kappa shape index (κ2) is 6.62. The molecule has 0 aromatic heterocycles. The molecular formula is C12H20O2. The smallest absolute Gasteiger partial charge is 0.129 e. The highest BCUT2D eigenvalue weighted by Gasteiger charge is 2.25. The molecule has 0 radical (unpaired) electrons. The molecule has 0 aliphatic rings. The van der Waals surface area contributed by atoms with Gasteiger partial charge in [-0.1, -0.05) is 25.7 Å². The zero-order chi connectivity index (χ0) is 11.0. The van der Waals surface area contributed by atoms with E-state index in [1.807, 2.05) is 0 Å². The molecule has 0 saturated carbocycles. The predicted molar refractivity (Wildman–Crippen MR) is 57.8 cm³/mol. The van der Waals surface area contributed by atoms with Gasteiger partial charge >= 0.3 is 0 Å². The first-order valence-electron chi connectivity index (χ1n) is 5.17. The highest BCUT2D eigenvalue weighted by molar-refractivity contribution is 5.60. The number of rotatable bonds is 5. The average molecular weight is 196 g/mol. The van der Waals surface area contributed by atoms with E-state index in [-0.39, 0.29) is 0 Å². The van der Waals surface area contributed by atoms with E-state index in [9.17, 15) is 9.90 Å². The van der Waals surface area contributed by atoms with E-state index >= 15 is 0 Å². The van der Waals surface area contributed by atoms with Crippen molar-refractivity contribution in [2.45, 2.75) is 52.6 Å². The summed E-state index contributed by atoms with van der Waals surface area (Å²) in [7, 11) is 0. The first-order valence-corrected chi connectivity index (χ1v) is 5.17. The third-order valence-electron chi connectivity index (χ3n) is 2.15. The van der Waals surface area contributed by atoms with E-state index in [0.717, 1.165) is 19.1 Å². The Labute approximate surface area is 86.7 Å². The van der Waals surface area contributed by atoms with Gasteiger partial charge in [-0.3, -0.25) is 0 Å². The van der Waals surface area contributed by atoms with E-state index in [1.54, 1.807) is 13.8 Å². The number of hydrogen-bond donors (Lipinski definition) is 1. The Morgan fingerprint density at radius 1 is 1.43 bits per heavy atom. The molecule has 0 heterocycles. The number of carbonyl (C=O) groups excluding carboxylic acids is 1. The lowest BCUT2D eigenvalue weighted by Crippen LogP contribution is -2.29. The minimum absolute atomic E-state index is 0.748. The van der Waals surface area contributed by atoms with Gasteiger partial charge in [0.1, 0.15) is 12.4 Å². The monoisotopic (exact) mass is 196 g/mol. The van der Waals surface area contributed by atoms with Crippen LogP contribution in [-0.2, 0) is 4.79 Å². The van der Waals surface area contributed by atoms with Gasteiger partial charge in [0, 0.05) is 6.42 Å². The van der Waals surface area contributed by atoms with Crippen LogP contribution in [0.25, 0.3) is 0 Å². The molecule has 2 heteroatoms. The molecule has 1 atom stereocenters. The van der Waals surface area contributed by atoms with Gasteiger partial charge in [-0.15, -0.1) is 5.92 Å². The van der Waals surface area contributed by atoms with Gasteiger partial charge in [0.25, 0.3) is 0 Å². The summed E-state index contributed by atoms with van der Waals surface area (Å²) in [6.07, 6.45) is 4.11. The van der Waals surface area contributed by atoms with Crippen molar-refractivity contribution in [1.82, 2.24) is 0 Å². The normalized spacial score (nSPS) is 12.9. The van der Waals surface area contributed by atoms with E-state index in [1.165, 1.54) is 12.8 Å². The Kier molecular flexibility index (Phi) is 6.23. The van der Waals surface area contributed by atoms with E-state index in [4.69, 9.17) is 0 Å². The van der Waals surface area contributed by atoms with Crippen molar-refractivity contribution >= 4 is 6.29 Å². The minimum atomic E-state index is -0.846. The molecule has 0 aromatic carbocycles. The fourth-order valence-electron chi connectivity index (χ4n) is 0.883. The highest BCUT2D eigenvalue weighted by Crippen LogP contribution is 2.16. The maximum absolute atomic E-state index is 10.6. The zero-order valence-corrected chi connectivity index (χ0v) is 9.34. The fraction of sp³-hybridized carbons (Fsp3) is 0.750. The van der Waals surface area contributed by atoms with Gasteiger partial charge in [-0.05, 0) is 20.3 Å². The van der Waals surface area contributed by atoms with Crippen LogP contribution >= 0.6 is 0 Å². The Morgan fingerprint density at radius 3 is 2.57 bits per heavy atom. The summed E-state index contributed by atoms with van der Waals surface area (Å²) in [5, 5.41) is 9.53. The molecule has 0 rings (SSSR count). The molecule has 2 nitrogen and oxygen atoms in total. The maximum atomic E-state index is 10.6. The van der Waals surface area contributed by atoms with Gasteiger partial charge in [0.05, 0.1) is 5.41 Å². The van der Waals surface area contributed by atoms with Crippen molar-refractivity contribution in [3.05, 3.63) is 0 Å². The van der Waals surface area contributed by atoms with Crippen LogP contribution in [0.4, 0.5) is 0 Å². The molecule has 0 aliphatic carbocycles. The molecular weight excluding hydrogens is 176 g/mol. The second-order valence-corrected chi connectivity index (χ2v) is 4.12. The molecule has 0 bridgehead atoms. The molecule has 0 amide bonds. The van der Waals surface area contributed by atoms with Crippen molar-refractivity contribution in [3.63, 3.8) is 0 Å². The SMILES string of the molecule is CCCCCC#CC(O)C(C)(C)C=O. The molecule has 0 fully saturated rings. The molecule has 80 valence electrons. The quantitative estimate of drug-likeness (QED) is 0.415.